The van der Waals surface area contributed by atoms with Gasteiger partial charge in [-0.15, -0.1) is 0 Å². The summed E-state index contributed by atoms with van der Waals surface area (Å²) in [6.07, 6.45) is 4.61. The van der Waals surface area contributed by atoms with Gasteiger partial charge >= 0.3 is 0 Å². The molecule has 2 aliphatic rings. The van der Waals surface area contributed by atoms with Crippen molar-refractivity contribution in [3.8, 4) is 6.07 Å². The first-order valence-corrected chi connectivity index (χ1v) is 6.47. The second kappa shape index (κ2) is 3.85. The van der Waals surface area contributed by atoms with Crippen LogP contribution in [0, 0.1) is 17.2 Å². The van der Waals surface area contributed by atoms with Crippen LogP contribution in [0.15, 0.2) is 30.3 Å². The van der Waals surface area contributed by atoms with Crippen LogP contribution in [0.5, 0.6) is 0 Å². The normalized spacial score (nSPS) is 36.7. The minimum absolute atomic E-state index is 0.0150. The van der Waals surface area contributed by atoms with Crippen LogP contribution in [-0.2, 0) is 5.54 Å². The van der Waals surface area contributed by atoms with Crippen LogP contribution in [0.2, 0.25) is 0 Å². The highest BCUT2D eigenvalue weighted by atomic mass is 15.2. The van der Waals surface area contributed by atoms with Gasteiger partial charge in [-0.3, -0.25) is 4.90 Å². The summed E-state index contributed by atoms with van der Waals surface area (Å²) < 4.78 is 0. The molecule has 17 heavy (non-hydrogen) atoms. The van der Waals surface area contributed by atoms with Crippen molar-refractivity contribution >= 4 is 0 Å². The summed E-state index contributed by atoms with van der Waals surface area (Å²) in [5.74, 6) is 0.147. The third-order valence-corrected chi connectivity index (χ3v) is 4.83. The van der Waals surface area contributed by atoms with E-state index in [0.717, 1.165) is 12.8 Å². The van der Waals surface area contributed by atoms with Crippen LogP contribution in [0.1, 0.15) is 31.2 Å². The molecule has 2 bridgehead atoms. The topological polar surface area (TPSA) is 27.0 Å². The average molecular weight is 226 g/mol. The van der Waals surface area contributed by atoms with Crippen molar-refractivity contribution in [3.63, 3.8) is 0 Å². The molecule has 2 nitrogen and oxygen atoms in total. The predicted molar refractivity (Wildman–Crippen MR) is 67.2 cm³/mol. The molecule has 1 aromatic carbocycles. The lowest BCUT2D eigenvalue weighted by atomic mass is 9.74. The zero-order chi connectivity index (χ0) is 11.9. The monoisotopic (exact) mass is 226 g/mol. The quantitative estimate of drug-likeness (QED) is 0.736. The summed E-state index contributed by atoms with van der Waals surface area (Å²) in [7, 11) is 2.20. The Morgan fingerprint density at radius 3 is 2.71 bits per heavy atom. The van der Waals surface area contributed by atoms with Gasteiger partial charge in [-0.2, -0.15) is 5.26 Å². The van der Waals surface area contributed by atoms with E-state index in [-0.39, 0.29) is 11.5 Å². The molecule has 0 saturated carbocycles. The molecule has 2 fully saturated rings. The smallest absolute Gasteiger partial charge is 0.0689 e. The van der Waals surface area contributed by atoms with E-state index in [4.69, 9.17) is 0 Å². The summed E-state index contributed by atoms with van der Waals surface area (Å²) in [5, 5.41) is 9.48. The highest BCUT2D eigenvalue weighted by Gasteiger charge is 2.53. The van der Waals surface area contributed by atoms with Gasteiger partial charge in [-0.25, -0.2) is 0 Å². The maximum Gasteiger partial charge on any atom is 0.0689 e. The number of nitriles is 1. The van der Waals surface area contributed by atoms with Crippen molar-refractivity contribution in [3.05, 3.63) is 35.9 Å². The second-order valence-corrected chi connectivity index (χ2v) is 5.35. The van der Waals surface area contributed by atoms with Crippen LogP contribution in [0.4, 0.5) is 0 Å². The van der Waals surface area contributed by atoms with Crippen molar-refractivity contribution in [2.75, 3.05) is 7.05 Å². The molecule has 0 aromatic heterocycles. The zero-order valence-electron chi connectivity index (χ0n) is 10.3. The number of benzene rings is 1. The number of hydrogen-bond acceptors (Lipinski definition) is 2. The standard InChI is InChI=1S/C15H18N2/c1-17-14-8-7-13(11-16)15(17,10-9-14)12-5-3-2-4-6-12/h2-6,13-14H,7-10H2,1H3/t13?,14-,15+/m1/s1. The molecule has 2 heteroatoms. The van der Waals surface area contributed by atoms with E-state index in [0.29, 0.717) is 6.04 Å². The Bertz CT molecular complexity index is 448. The maximum absolute atomic E-state index is 9.48. The van der Waals surface area contributed by atoms with Crippen molar-refractivity contribution in [2.24, 2.45) is 5.92 Å². The predicted octanol–water partition coefficient (Wildman–Crippen LogP) is 2.91. The lowest BCUT2D eigenvalue weighted by Gasteiger charge is -2.46. The molecule has 0 spiro atoms. The third kappa shape index (κ3) is 1.36. The Morgan fingerprint density at radius 1 is 1.24 bits per heavy atom. The van der Waals surface area contributed by atoms with Gasteiger partial charge in [-0.05, 0) is 38.3 Å². The molecule has 0 amide bonds. The number of rotatable bonds is 1. The summed E-state index contributed by atoms with van der Waals surface area (Å²) in [5.41, 5.74) is 1.31. The first kappa shape index (κ1) is 10.8. The average Bonchev–Trinajstić information content (AvgIpc) is 2.61. The van der Waals surface area contributed by atoms with Gasteiger partial charge in [0.05, 0.1) is 17.5 Å². The fourth-order valence-corrected chi connectivity index (χ4v) is 3.89. The first-order valence-electron chi connectivity index (χ1n) is 6.47. The molecule has 3 atom stereocenters. The SMILES string of the molecule is CN1[C@@H]2CCC(C#N)[C@@]1(c1ccccc1)CC2. The summed E-state index contributed by atoms with van der Waals surface area (Å²) in [6, 6.07) is 13.9. The zero-order valence-corrected chi connectivity index (χ0v) is 10.3. The number of hydrogen-bond donors (Lipinski definition) is 0. The van der Waals surface area contributed by atoms with Crippen LogP contribution in [0.25, 0.3) is 0 Å². The molecule has 3 rings (SSSR count). The van der Waals surface area contributed by atoms with Gasteiger partial charge in [0.25, 0.3) is 0 Å². The van der Waals surface area contributed by atoms with E-state index in [1.807, 2.05) is 0 Å². The molecule has 2 aliphatic heterocycles. The molecular weight excluding hydrogens is 208 g/mol. The van der Waals surface area contributed by atoms with Crippen molar-refractivity contribution in [1.29, 1.82) is 5.26 Å². The molecule has 2 heterocycles. The van der Waals surface area contributed by atoms with Gasteiger partial charge in [0, 0.05) is 6.04 Å². The van der Waals surface area contributed by atoms with Crippen LogP contribution in [-0.4, -0.2) is 18.0 Å². The summed E-state index contributed by atoms with van der Waals surface area (Å²) in [6.45, 7) is 0. The molecular formula is C15H18N2. The molecule has 0 radical (unpaired) electrons. The van der Waals surface area contributed by atoms with E-state index in [9.17, 15) is 5.26 Å². The Kier molecular flexibility index (Phi) is 2.45. The molecule has 1 unspecified atom stereocenters. The van der Waals surface area contributed by atoms with Gasteiger partial charge in [0.15, 0.2) is 0 Å². The number of nitrogens with zero attached hydrogens (tertiary/aromatic N) is 2. The van der Waals surface area contributed by atoms with Gasteiger partial charge in [0.2, 0.25) is 0 Å². The number of piperidine rings is 1. The van der Waals surface area contributed by atoms with Crippen molar-refractivity contribution < 1.29 is 0 Å². The minimum Gasteiger partial charge on any atom is -0.292 e. The lowest BCUT2D eigenvalue weighted by molar-refractivity contribution is 0.0462. The van der Waals surface area contributed by atoms with E-state index in [1.54, 1.807) is 0 Å². The Hall–Kier alpha value is -1.33. The first-order chi connectivity index (χ1) is 8.29. The van der Waals surface area contributed by atoms with E-state index in [2.05, 4.69) is 48.3 Å². The fourth-order valence-electron chi connectivity index (χ4n) is 3.89. The number of fused-ring (bicyclic) bond motifs is 2. The van der Waals surface area contributed by atoms with Crippen molar-refractivity contribution in [2.45, 2.75) is 37.3 Å². The lowest BCUT2D eigenvalue weighted by Crippen LogP contribution is -2.50. The highest BCUT2D eigenvalue weighted by Crippen LogP contribution is 2.52. The maximum atomic E-state index is 9.48. The molecule has 88 valence electrons. The Morgan fingerprint density at radius 2 is 2.00 bits per heavy atom. The van der Waals surface area contributed by atoms with E-state index < -0.39 is 0 Å². The van der Waals surface area contributed by atoms with Crippen molar-refractivity contribution in [1.82, 2.24) is 4.90 Å². The van der Waals surface area contributed by atoms with Gasteiger partial charge in [-0.1, -0.05) is 30.3 Å². The van der Waals surface area contributed by atoms with Gasteiger partial charge in [0.1, 0.15) is 0 Å². The summed E-state index contributed by atoms with van der Waals surface area (Å²) in [4.78, 5) is 2.47. The largest absolute Gasteiger partial charge is 0.292 e. The highest BCUT2D eigenvalue weighted by molar-refractivity contribution is 5.31. The minimum atomic E-state index is -0.0150. The van der Waals surface area contributed by atoms with E-state index in [1.165, 1.54) is 18.4 Å². The second-order valence-electron chi connectivity index (χ2n) is 5.35. The molecule has 2 saturated heterocycles. The van der Waals surface area contributed by atoms with Crippen LogP contribution >= 0.6 is 0 Å². The molecule has 0 aliphatic carbocycles. The van der Waals surface area contributed by atoms with Crippen LogP contribution < -0.4 is 0 Å². The molecule has 0 N–H and O–H groups in total. The van der Waals surface area contributed by atoms with Crippen LogP contribution in [0.3, 0.4) is 0 Å². The Balaban J connectivity index is 2.11. The molecule has 1 aromatic rings. The fraction of sp³-hybridized carbons (Fsp3) is 0.533. The van der Waals surface area contributed by atoms with E-state index >= 15 is 0 Å². The Labute approximate surface area is 103 Å². The summed E-state index contributed by atoms with van der Waals surface area (Å²) >= 11 is 0. The third-order valence-electron chi connectivity index (χ3n) is 4.83. The van der Waals surface area contributed by atoms with Gasteiger partial charge < -0.3 is 0 Å².